The van der Waals surface area contributed by atoms with Gasteiger partial charge in [-0.05, 0) is 38.9 Å². The molecule has 0 unspecified atom stereocenters. The molecule has 13 heavy (non-hydrogen) atoms. The Morgan fingerprint density at radius 2 is 1.77 bits per heavy atom. The van der Waals surface area contributed by atoms with Crippen LogP contribution in [0.5, 0.6) is 0 Å². The minimum Gasteiger partial charge on any atom is -0.303 e. The summed E-state index contributed by atoms with van der Waals surface area (Å²) in [5, 5.41) is 0. The summed E-state index contributed by atoms with van der Waals surface area (Å²) in [5.41, 5.74) is 0. The van der Waals surface area contributed by atoms with Crippen molar-refractivity contribution in [2.24, 2.45) is 0 Å². The highest BCUT2D eigenvalue weighted by Crippen LogP contribution is 2.09. The quantitative estimate of drug-likeness (QED) is 0.680. The SMILES string of the molecule is O=S(=O)(Cl)CCCN1CCCCC1. The third-order valence-corrected chi connectivity index (χ3v) is 3.55. The molecular weight excluding hydrogens is 210 g/mol. The van der Waals surface area contributed by atoms with Crippen molar-refractivity contribution in [3.8, 4) is 0 Å². The van der Waals surface area contributed by atoms with E-state index in [2.05, 4.69) is 4.90 Å². The van der Waals surface area contributed by atoms with Gasteiger partial charge < -0.3 is 4.90 Å². The van der Waals surface area contributed by atoms with E-state index in [4.69, 9.17) is 10.7 Å². The summed E-state index contributed by atoms with van der Waals surface area (Å²) < 4.78 is 21.2. The van der Waals surface area contributed by atoms with Gasteiger partial charge in [0.1, 0.15) is 0 Å². The maximum Gasteiger partial charge on any atom is 0.232 e. The van der Waals surface area contributed by atoms with Crippen molar-refractivity contribution in [3.05, 3.63) is 0 Å². The number of nitrogens with zero attached hydrogens (tertiary/aromatic N) is 1. The fourth-order valence-corrected chi connectivity index (χ4v) is 2.44. The first kappa shape index (κ1) is 11.3. The second kappa shape index (κ2) is 5.17. The number of hydrogen-bond acceptors (Lipinski definition) is 3. The van der Waals surface area contributed by atoms with Crippen molar-refractivity contribution >= 4 is 19.7 Å². The van der Waals surface area contributed by atoms with Crippen LogP contribution in [-0.4, -0.2) is 38.7 Å². The average molecular weight is 226 g/mol. The Labute approximate surface area is 84.5 Å². The predicted molar refractivity (Wildman–Crippen MR) is 54.5 cm³/mol. The van der Waals surface area contributed by atoms with E-state index >= 15 is 0 Å². The summed E-state index contributed by atoms with van der Waals surface area (Å²) in [6, 6.07) is 0. The van der Waals surface area contributed by atoms with E-state index < -0.39 is 9.05 Å². The van der Waals surface area contributed by atoms with Gasteiger partial charge in [-0.2, -0.15) is 0 Å². The number of piperidine rings is 1. The zero-order valence-electron chi connectivity index (χ0n) is 7.71. The highest BCUT2D eigenvalue weighted by Gasteiger charge is 2.11. The van der Waals surface area contributed by atoms with E-state index in [0.717, 1.165) is 19.6 Å². The van der Waals surface area contributed by atoms with Crippen molar-refractivity contribution in [2.45, 2.75) is 25.7 Å². The molecule has 0 N–H and O–H groups in total. The molecule has 1 heterocycles. The van der Waals surface area contributed by atoms with E-state index in [1.54, 1.807) is 0 Å². The molecule has 0 amide bonds. The highest BCUT2D eigenvalue weighted by atomic mass is 35.7. The van der Waals surface area contributed by atoms with E-state index in [9.17, 15) is 8.42 Å². The zero-order valence-corrected chi connectivity index (χ0v) is 9.28. The normalized spacial score (nSPS) is 20.4. The van der Waals surface area contributed by atoms with Crippen molar-refractivity contribution < 1.29 is 8.42 Å². The molecule has 5 heteroatoms. The molecule has 1 aliphatic heterocycles. The van der Waals surface area contributed by atoms with E-state index in [1.165, 1.54) is 19.3 Å². The van der Waals surface area contributed by atoms with Crippen LogP contribution in [0.2, 0.25) is 0 Å². The Morgan fingerprint density at radius 3 is 2.31 bits per heavy atom. The lowest BCUT2D eigenvalue weighted by Gasteiger charge is -2.25. The van der Waals surface area contributed by atoms with Crippen LogP contribution in [0.25, 0.3) is 0 Å². The summed E-state index contributed by atoms with van der Waals surface area (Å²) in [4.78, 5) is 2.31. The van der Waals surface area contributed by atoms with E-state index in [0.29, 0.717) is 6.42 Å². The molecule has 3 nitrogen and oxygen atoms in total. The van der Waals surface area contributed by atoms with Crippen molar-refractivity contribution in [3.63, 3.8) is 0 Å². The van der Waals surface area contributed by atoms with Crippen LogP contribution in [0.4, 0.5) is 0 Å². The van der Waals surface area contributed by atoms with Gasteiger partial charge in [0.05, 0.1) is 5.75 Å². The van der Waals surface area contributed by atoms with Gasteiger partial charge in [0.2, 0.25) is 9.05 Å². The minimum absolute atomic E-state index is 0.102. The Morgan fingerprint density at radius 1 is 1.15 bits per heavy atom. The topological polar surface area (TPSA) is 37.4 Å². The Balaban J connectivity index is 2.11. The average Bonchev–Trinajstić information content (AvgIpc) is 2.04. The van der Waals surface area contributed by atoms with Crippen LogP contribution in [0.15, 0.2) is 0 Å². The largest absolute Gasteiger partial charge is 0.303 e. The van der Waals surface area contributed by atoms with Crippen LogP contribution in [0, 0.1) is 0 Å². The first-order valence-electron chi connectivity index (χ1n) is 4.72. The van der Waals surface area contributed by atoms with Gasteiger partial charge in [0.25, 0.3) is 0 Å². The smallest absolute Gasteiger partial charge is 0.232 e. The maximum atomic E-state index is 10.6. The lowest BCUT2D eigenvalue weighted by Crippen LogP contribution is -2.31. The molecule has 1 fully saturated rings. The zero-order chi connectivity index (χ0) is 9.73. The van der Waals surface area contributed by atoms with Gasteiger partial charge in [0, 0.05) is 10.7 Å². The Kier molecular flexibility index (Phi) is 4.49. The van der Waals surface area contributed by atoms with Gasteiger partial charge >= 0.3 is 0 Å². The molecule has 78 valence electrons. The fourth-order valence-electron chi connectivity index (χ4n) is 1.64. The molecule has 0 bridgehead atoms. The maximum absolute atomic E-state index is 10.6. The first-order chi connectivity index (χ1) is 6.08. The number of rotatable bonds is 4. The fraction of sp³-hybridized carbons (Fsp3) is 1.00. The second-order valence-corrected chi connectivity index (χ2v) is 6.40. The summed E-state index contributed by atoms with van der Waals surface area (Å²) in [5.74, 6) is 0.102. The van der Waals surface area contributed by atoms with Crippen LogP contribution in [0.3, 0.4) is 0 Å². The van der Waals surface area contributed by atoms with Crippen LogP contribution < -0.4 is 0 Å². The van der Waals surface area contributed by atoms with Crippen molar-refractivity contribution in [2.75, 3.05) is 25.4 Å². The summed E-state index contributed by atoms with van der Waals surface area (Å²) in [6.07, 6.45) is 4.46. The van der Waals surface area contributed by atoms with Gasteiger partial charge in [0.15, 0.2) is 0 Å². The molecule has 0 atom stereocenters. The standard InChI is InChI=1S/C8H16ClNO2S/c9-13(11,12)8-4-7-10-5-2-1-3-6-10/h1-8H2. The van der Waals surface area contributed by atoms with Gasteiger partial charge in [-0.25, -0.2) is 8.42 Å². The molecule has 0 spiro atoms. The number of hydrogen-bond donors (Lipinski definition) is 0. The third-order valence-electron chi connectivity index (χ3n) is 2.31. The van der Waals surface area contributed by atoms with Crippen LogP contribution in [0.1, 0.15) is 25.7 Å². The Bertz CT molecular complexity index is 235. The monoisotopic (exact) mass is 225 g/mol. The van der Waals surface area contributed by atoms with Crippen LogP contribution >= 0.6 is 10.7 Å². The number of halogens is 1. The van der Waals surface area contributed by atoms with Gasteiger partial charge in [-0.15, -0.1) is 0 Å². The van der Waals surface area contributed by atoms with Crippen molar-refractivity contribution in [1.82, 2.24) is 4.90 Å². The molecule has 0 saturated carbocycles. The van der Waals surface area contributed by atoms with Crippen LogP contribution in [-0.2, 0) is 9.05 Å². The van der Waals surface area contributed by atoms with Gasteiger partial charge in [-0.3, -0.25) is 0 Å². The predicted octanol–water partition coefficient (Wildman–Crippen LogP) is 1.43. The number of likely N-dealkylation sites (tertiary alicyclic amines) is 1. The third kappa shape index (κ3) is 5.49. The van der Waals surface area contributed by atoms with E-state index in [1.807, 2.05) is 0 Å². The Hall–Kier alpha value is 0.200. The molecule has 0 aromatic heterocycles. The summed E-state index contributed by atoms with van der Waals surface area (Å²) >= 11 is 0. The lowest BCUT2D eigenvalue weighted by molar-refractivity contribution is 0.229. The first-order valence-corrected chi connectivity index (χ1v) is 7.20. The molecule has 1 rings (SSSR count). The molecule has 0 aliphatic carbocycles. The van der Waals surface area contributed by atoms with Gasteiger partial charge in [-0.1, -0.05) is 6.42 Å². The molecule has 0 aromatic rings. The second-order valence-electron chi connectivity index (χ2n) is 3.50. The lowest BCUT2D eigenvalue weighted by atomic mass is 10.1. The molecule has 1 aliphatic rings. The summed E-state index contributed by atoms with van der Waals surface area (Å²) in [6.45, 7) is 3.09. The molecule has 0 radical (unpaired) electrons. The van der Waals surface area contributed by atoms with Crippen molar-refractivity contribution in [1.29, 1.82) is 0 Å². The molecule has 0 aromatic carbocycles. The summed E-state index contributed by atoms with van der Waals surface area (Å²) in [7, 11) is 1.83. The highest BCUT2D eigenvalue weighted by molar-refractivity contribution is 8.13. The molecular formula is C8H16ClNO2S. The minimum atomic E-state index is -3.28. The molecule has 1 saturated heterocycles. The van der Waals surface area contributed by atoms with E-state index in [-0.39, 0.29) is 5.75 Å².